The Morgan fingerprint density at radius 2 is 1.27 bits per heavy atom. The molecular formula is C18H16Cl2N2O4. The molecule has 0 bridgehead atoms. The number of fused-ring (bicyclic) bond motifs is 2. The zero-order valence-corrected chi connectivity index (χ0v) is 15.8. The average Bonchev–Trinajstić information content (AvgIpc) is 2.60. The summed E-state index contributed by atoms with van der Waals surface area (Å²) in [5.41, 5.74) is 2.86. The third-order valence-electron chi connectivity index (χ3n) is 3.96. The molecule has 26 heavy (non-hydrogen) atoms. The van der Waals surface area contributed by atoms with Crippen LogP contribution < -0.4 is 0 Å². The first-order valence-electron chi connectivity index (χ1n) is 8.15. The van der Waals surface area contributed by atoms with E-state index in [-0.39, 0.29) is 37.2 Å². The molecule has 136 valence electrons. The highest BCUT2D eigenvalue weighted by Crippen LogP contribution is 2.30. The van der Waals surface area contributed by atoms with Gasteiger partial charge in [-0.1, -0.05) is 23.2 Å². The molecule has 0 fully saturated rings. The van der Waals surface area contributed by atoms with Crippen LogP contribution in [0.15, 0.2) is 23.3 Å². The number of aromatic nitrogens is 2. The lowest BCUT2D eigenvalue weighted by atomic mass is 9.91. The van der Waals surface area contributed by atoms with E-state index in [1.54, 1.807) is 26.0 Å². The summed E-state index contributed by atoms with van der Waals surface area (Å²) in [5.74, 6) is -1.09. The Morgan fingerprint density at radius 3 is 1.62 bits per heavy atom. The Hall–Kier alpha value is -2.18. The van der Waals surface area contributed by atoms with Gasteiger partial charge in [-0.15, -0.1) is 0 Å². The van der Waals surface area contributed by atoms with Crippen LogP contribution in [0, 0.1) is 0 Å². The second-order valence-electron chi connectivity index (χ2n) is 5.62. The second-order valence-corrected chi connectivity index (χ2v) is 6.44. The van der Waals surface area contributed by atoms with Crippen molar-refractivity contribution in [3.8, 4) is 0 Å². The van der Waals surface area contributed by atoms with Crippen LogP contribution in [0.1, 0.15) is 25.2 Å². The summed E-state index contributed by atoms with van der Waals surface area (Å²) in [5, 5.41) is 0.746. The minimum absolute atomic E-state index is 0.144. The lowest BCUT2D eigenvalue weighted by Gasteiger charge is -2.20. The van der Waals surface area contributed by atoms with Crippen LogP contribution in [0.4, 0.5) is 0 Å². The van der Waals surface area contributed by atoms with Gasteiger partial charge >= 0.3 is 11.9 Å². The van der Waals surface area contributed by atoms with Crippen molar-refractivity contribution >= 4 is 46.2 Å². The zero-order valence-electron chi connectivity index (χ0n) is 14.3. The zero-order chi connectivity index (χ0) is 18.8. The van der Waals surface area contributed by atoms with Crippen molar-refractivity contribution in [3.05, 3.63) is 44.7 Å². The number of ether oxygens (including phenoxy) is 2. The number of hydrogen-bond donors (Lipinski definition) is 0. The molecule has 0 saturated heterocycles. The van der Waals surface area contributed by atoms with Crippen molar-refractivity contribution in [2.45, 2.75) is 26.7 Å². The number of hydrogen-bond acceptors (Lipinski definition) is 6. The van der Waals surface area contributed by atoms with E-state index in [2.05, 4.69) is 9.97 Å². The monoisotopic (exact) mass is 394 g/mol. The van der Waals surface area contributed by atoms with E-state index in [1.807, 2.05) is 0 Å². The summed E-state index contributed by atoms with van der Waals surface area (Å²) in [4.78, 5) is 33.7. The van der Waals surface area contributed by atoms with Crippen LogP contribution in [-0.2, 0) is 31.9 Å². The van der Waals surface area contributed by atoms with Crippen LogP contribution in [0.5, 0.6) is 0 Å². The van der Waals surface area contributed by atoms with E-state index in [4.69, 9.17) is 32.7 Å². The van der Waals surface area contributed by atoms with Gasteiger partial charge in [0.1, 0.15) is 0 Å². The molecule has 1 aromatic carbocycles. The summed E-state index contributed by atoms with van der Waals surface area (Å²) in [6, 6.07) is 3.25. The summed E-state index contributed by atoms with van der Waals surface area (Å²) in [6.07, 6.45) is 0.289. The molecule has 1 heterocycles. The number of halogens is 2. The number of carbonyl (C=O) groups excluding carboxylic acids is 2. The molecule has 0 aliphatic heterocycles. The van der Waals surface area contributed by atoms with Crippen LogP contribution >= 0.6 is 23.2 Å². The molecule has 0 radical (unpaired) electrons. The molecule has 1 aromatic heterocycles. The highest BCUT2D eigenvalue weighted by Gasteiger charge is 2.30. The lowest BCUT2D eigenvalue weighted by Crippen LogP contribution is -2.25. The summed E-state index contributed by atoms with van der Waals surface area (Å²) >= 11 is 12.1. The molecule has 0 spiro atoms. The molecule has 0 amide bonds. The Bertz CT molecular complexity index is 866. The van der Waals surface area contributed by atoms with Gasteiger partial charge in [0.25, 0.3) is 0 Å². The van der Waals surface area contributed by atoms with Crippen LogP contribution in [0.2, 0.25) is 10.0 Å². The summed E-state index contributed by atoms with van der Waals surface area (Å²) in [6.45, 7) is 3.84. The predicted molar refractivity (Wildman–Crippen MR) is 97.3 cm³/mol. The SMILES string of the molecule is CCOC(=O)C1=C(C(=O)OCC)Cc2nc3cc(Cl)c(Cl)cc3nc2C1. The molecule has 0 unspecified atom stereocenters. The van der Waals surface area contributed by atoms with Crippen molar-refractivity contribution in [1.29, 1.82) is 0 Å². The van der Waals surface area contributed by atoms with Crippen molar-refractivity contribution in [1.82, 2.24) is 9.97 Å². The molecule has 2 aromatic rings. The maximum absolute atomic E-state index is 12.3. The molecule has 1 aliphatic rings. The third kappa shape index (κ3) is 3.52. The van der Waals surface area contributed by atoms with E-state index in [1.165, 1.54) is 0 Å². The number of carbonyl (C=O) groups is 2. The minimum Gasteiger partial charge on any atom is -0.463 e. The van der Waals surface area contributed by atoms with Crippen molar-refractivity contribution in [3.63, 3.8) is 0 Å². The topological polar surface area (TPSA) is 78.4 Å². The Morgan fingerprint density at radius 1 is 0.885 bits per heavy atom. The van der Waals surface area contributed by atoms with Crippen LogP contribution in [0.3, 0.4) is 0 Å². The Balaban J connectivity index is 2.09. The first-order chi connectivity index (χ1) is 12.4. The summed E-state index contributed by atoms with van der Waals surface area (Å²) in [7, 11) is 0. The first-order valence-corrected chi connectivity index (χ1v) is 8.91. The number of esters is 2. The maximum Gasteiger partial charge on any atom is 0.334 e. The van der Waals surface area contributed by atoms with Crippen LogP contribution in [0.25, 0.3) is 11.0 Å². The normalized spacial score (nSPS) is 13.5. The molecule has 0 saturated carbocycles. The Labute approximate surface area is 160 Å². The standard InChI is InChI=1S/C18H16Cl2N2O4/c1-3-25-17(23)9-5-13-14(6-10(9)18(24)26-4-2)22-16-8-12(20)11(19)7-15(16)21-13/h7-8H,3-6H2,1-2H3. The van der Waals surface area contributed by atoms with Crippen LogP contribution in [-0.4, -0.2) is 35.1 Å². The van der Waals surface area contributed by atoms with E-state index in [0.717, 1.165) is 0 Å². The molecule has 0 atom stereocenters. The lowest BCUT2D eigenvalue weighted by molar-refractivity contribution is -0.142. The summed E-state index contributed by atoms with van der Waals surface area (Å²) < 4.78 is 10.2. The van der Waals surface area contributed by atoms with Gasteiger partial charge in [0.15, 0.2) is 0 Å². The molecule has 0 N–H and O–H groups in total. The minimum atomic E-state index is -0.544. The second kappa shape index (κ2) is 7.60. The largest absolute Gasteiger partial charge is 0.463 e. The van der Waals surface area contributed by atoms with Gasteiger partial charge < -0.3 is 9.47 Å². The fraction of sp³-hybridized carbons (Fsp3) is 0.333. The number of rotatable bonds is 4. The highest BCUT2D eigenvalue weighted by atomic mass is 35.5. The van der Waals surface area contributed by atoms with Crippen molar-refractivity contribution in [2.24, 2.45) is 0 Å². The van der Waals surface area contributed by atoms with Gasteiger partial charge in [-0.3, -0.25) is 0 Å². The van der Waals surface area contributed by atoms with E-state index < -0.39 is 11.9 Å². The fourth-order valence-corrected chi connectivity index (χ4v) is 3.10. The fourth-order valence-electron chi connectivity index (χ4n) is 2.78. The van der Waals surface area contributed by atoms with Gasteiger partial charge in [-0.2, -0.15) is 0 Å². The first kappa shape index (κ1) is 18.6. The Kier molecular flexibility index (Phi) is 5.44. The van der Waals surface area contributed by atoms with Gasteiger partial charge in [-0.25, -0.2) is 19.6 Å². The molecule has 1 aliphatic carbocycles. The van der Waals surface area contributed by atoms with Gasteiger partial charge in [-0.05, 0) is 26.0 Å². The highest BCUT2D eigenvalue weighted by molar-refractivity contribution is 6.42. The van der Waals surface area contributed by atoms with Gasteiger partial charge in [0.05, 0.1) is 56.8 Å². The predicted octanol–water partition coefficient (Wildman–Crippen LogP) is 3.46. The van der Waals surface area contributed by atoms with E-state index in [9.17, 15) is 9.59 Å². The average molecular weight is 395 g/mol. The van der Waals surface area contributed by atoms with Gasteiger partial charge in [0.2, 0.25) is 0 Å². The van der Waals surface area contributed by atoms with E-state index >= 15 is 0 Å². The van der Waals surface area contributed by atoms with E-state index in [0.29, 0.717) is 32.5 Å². The molecule has 6 nitrogen and oxygen atoms in total. The van der Waals surface area contributed by atoms with Crippen molar-refractivity contribution in [2.75, 3.05) is 13.2 Å². The maximum atomic E-state index is 12.3. The quantitative estimate of drug-likeness (QED) is 0.738. The van der Waals surface area contributed by atoms with Gasteiger partial charge in [0, 0.05) is 12.8 Å². The molecular weight excluding hydrogens is 379 g/mol. The smallest absolute Gasteiger partial charge is 0.334 e. The van der Waals surface area contributed by atoms with Crippen molar-refractivity contribution < 1.29 is 19.1 Å². The molecule has 3 rings (SSSR count). The number of nitrogens with zero attached hydrogens (tertiary/aromatic N) is 2. The molecule has 8 heteroatoms. The third-order valence-corrected chi connectivity index (χ3v) is 4.68. The number of benzene rings is 1.